The van der Waals surface area contributed by atoms with Crippen LogP contribution in [0.1, 0.15) is 29.3 Å². The second-order valence-electron chi connectivity index (χ2n) is 7.29. The van der Waals surface area contributed by atoms with Gasteiger partial charge in [-0.15, -0.1) is 0 Å². The zero-order chi connectivity index (χ0) is 22.9. The summed E-state index contributed by atoms with van der Waals surface area (Å²) in [5, 5.41) is 0. The average Bonchev–Trinajstić information content (AvgIpc) is 2.83. The molecule has 0 unspecified atom stereocenters. The van der Waals surface area contributed by atoms with Crippen molar-refractivity contribution in [1.29, 1.82) is 0 Å². The smallest absolute Gasteiger partial charge is 0.496 e. The van der Waals surface area contributed by atoms with Crippen LogP contribution in [0.3, 0.4) is 0 Å². The fourth-order valence-corrected chi connectivity index (χ4v) is 3.56. The normalized spacial score (nSPS) is 13.4. The molecule has 2 aromatic rings. The number of amides is 2. The van der Waals surface area contributed by atoms with Crippen LogP contribution in [0.2, 0.25) is 0 Å². The number of aryl methyl sites for hydroxylation is 1. The first-order chi connectivity index (χ1) is 15.5. The molecule has 0 bridgehead atoms. The molecule has 0 aliphatic carbocycles. The van der Waals surface area contributed by atoms with Gasteiger partial charge in [-0.05, 0) is 49.2 Å². The molecule has 0 atom stereocenters. The topological polar surface area (TPSA) is 85.4 Å². The van der Waals surface area contributed by atoms with E-state index in [-0.39, 0.29) is 18.4 Å². The lowest BCUT2D eigenvalue weighted by Gasteiger charge is -2.35. The predicted octanol–water partition coefficient (Wildman–Crippen LogP) is 3.15. The van der Waals surface area contributed by atoms with E-state index in [0.717, 1.165) is 11.3 Å². The van der Waals surface area contributed by atoms with Crippen LogP contribution in [0, 0.1) is 0 Å². The lowest BCUT2D eigenvalue weighted by molar-refractivity contribution is -0.132. The Morgan fingerprint density at radius 2 is 1.56 bits per heavy atom. The van der Waals surface area contributed by atoms with Crippen molar-refractivity contribution < 1.29 is 28.6 Å². The van der Waals surface area contributed by atoms with E-state index < -0.39 is 6.16 Å². The maximum absolute atomic E-state index is 12.8. The number of benzene rings is 2. The monoisotopic (exact) mass is 440 g/mol. The molecule has 3 rings (SSSR count). The van der Waals surface area contributed by atoms with Crippen LogP contribution in [0.25, 0.3) is 0 Å². The summed E-state index contributed by atoms with van der Waals surface area (Å²) < 4.78 is 15.1. The first kappa shape index (κ1) is 23.1. The molecule has 2 aromatic carbocycles. The van der Waals surface area contributed by atoms with Crippen LogP contribution in [-0.4, -0.2) is 67.7 Å². The molecule has 32 heavy (non-hydrogen) atoms. The van der Waals surface area contributed by atoms with E-state index in [9.17, 15) is 14.4 Å². The van der Waals surface area contributed by atoms with Gasteiger partial charge in [0.15, 0.2) is 0 Å². The van der Waals surface area contributed by atoms with Gasteiger partial charge in [0.05, 0.1) is 13.7 Å². The van der Waals surface area contributed by atoms with Crippen LogP contribution >= 0.6 is 0 Å². The molecule has 8 heteroatoms. The van der Waals surface area contributed by atoms with Gasteiger partial charge in [0, 0.05) is 38.2 Å². The average molecular weight is 440 g/mol. The molecular weight excluding hydrogens is 412 g/mol. The predicted molar refractivity (Wildman–Crippen MR) is 118 cm³/mol. The summed E-state index contributed by atoms with van der Waals surface area (Å²) in [5.41, 5.74) is 1.50. The van der Waals surface area contributed by atoms with Gasteiger partial charge < -0.3 is 24.0 Å². The molecule has 1 aliphatic rings. The number of rotatable bonds is 7. The minimum absolute atomic E-state index is 0.0727. The Bertz CT molecular complexity index is 936. The van der Waals surface area contributed by atoms with E-state index >= 15 is 0 Å². The molecule has 1 heterocycles. The lowest BCUT2D eigenvalue weighted by atomic mass is 10.1. The highest BCUT2D eigenvalue weighted by Gasteiger charge is 2.25. The standard InChI is InChI=1S/C24H28N2O6/c1-3-31-24(29)32-20-11-8-19(9-12-20)23(28)26-16-14-25(15-17-26)22(27)13-10-18-6-4-5-7-21(18)30-2/h4-9,11-12H,3,10,13-17H2,1-2H3. The Labute approximate surface area is 187 Å². The summed E-state index contributed by atoms with van der Waals surface area (Å²) in [6.45, 7) is 3.86. The van der Waals surface area contributed by atoms with Crippen molar-refractivity contribution in [3.05, 3.63) is 59.7 Å². The van der Waals surface area contributed by atoms with Crippen molar-refractivity contribution in [3.8, 4) is 11.5 Å². The Hall–Kier alpha value is -3.55. The SMILES string of the molecule is CCOC(=O)Oc1ccc(C(=O)N2CCN(C(=O)CCc3ccccc3OC)CC2)cc1. The number of hydrogen-bond donors (Lipinski definition) is 0. The van der Waals surface area contributed by atoms with Gasteiger partial charge >= 0.3 is 6.16 Å². The second-order valence-corrected chi connectivity index (χ2v) is 7.29. The third kappa shape index (κ3) is 6.00. The van der Waals surface area contributed by atoms with Crippen LogP contribution in [0.5, 0.6) is 11.5 Å². The molecular formula is C24H28N2O6. The molecule has 170 valence electrons. The van der Waals surface area contributed by atoms with Gasteiger partial charge in [-0.1, -0.05) is 18.2 Å². The summed E-state index contributed by atoms with van der Waals surface area (Å²) in [4.78, 5) is 40.3. The fourth-order valence-electron chi connectivity index (χ4n) is 3.56. The van der Waals surface area contributed by atoms with Crippen molar-refractivity contribution in [2.45, 2.75) is 19.8 Å². The lowest BCUT2D eigenvalue weighted by Crippen LogP contribution is -2.50. The van der Waals surface area contributed by atoms with Crippen LogP contribution in [0.15, 0.2) is 48.5 Å². The maximum Gasteiger partial charge on any atom is 0.513 e. The largest absolute Gasteiger partial charge is 0.513 e. The van der Waals surface area contributed by atoms with Gasteiger partial charge in [0.2, 0.25) is 5.91 Å². The number of para-hydroxylation sites is 1. The summed E-state index contributed by atoms with van der Waals surface area (Å²) in [6, 6.07) is 14.0. The van der Waals surface area contributed by atoms with Gasteiger partial charge in [-0.3, -0.25) is 9.59 Å². The van der Waals surface area contributed by atoms with Crippen molar-refractivity contribution in [3.63, 3.8) is 0 Å². The Balaban J connectivity index is 1.47. The zero-order valence-corrected chi connectivity index (χ0v) is 18.4. The molecule has 0 aromatic heterocycles. The number of piperazine rings is 1. The van der Waals surface area contributed by atoms with E-state index in [0.29, 0.717) is 50.3 Å². The summed E-state index contributed by atoms with van der Waals surface area (Å²) in [5.74, 6) is 1.05. The van der Waals surface area contributed by atoms with Crippen LogP contribution in [0.4, 0.5) is 4.79 Å². The molecule has 2 amide bonds. The van der Waals surface area contributed by atoms with Crippen molar-refractivity contribution in [2.75, 3.05) is 39.9 Å². The number of ether oxygens (including phenoxy) is 3. The highest BCUT2D eigenvalue weighted by atomic mass is 16.7. The summed E-state index contributed by atoms with van der Waals surface area (Å²) in [6.07, 6.45) is 0.233. The number of hydrogen-bond acceptors (Lipinski definition) is 6. The third-order valence-electron chi connectivity index (χ3n) is 5.28. The number of nitrogens with zero attached hydrogens (tertiary/aromatic N) is 2. The maximum atomic E-state index is 12.8. The van der Waals surface area contributed by atoms with Crippen molar-refractivity contribution in [2.24, 2.45) is 0 Å². The van der Waals surface area contributed by atoms with Crippen molar-refractivity contribution in [1.82, 2.24) is 9.80 Å². The minimum Gasteiger partial charge on any atom is -0.496 e. The summed E-state index contributed by atoms with van der Waals surface area (Å²) in [7, 11) is 1.62. The van der Waals surface area contributed by atoms with E-state index in [2.05, 4.69) is 0 Å². The van der Waals surface area contributed by atoms with E-state index in [4.69, 9.17) is 14.2 Å². The Kier molecular flexibility index (Phi) is 8.08. The molecule has 1 saturated heterocycles. The number of methoxy groups -OCH3 is 1. The molecule has 0 N–H and O–H groups in total. The van der Waals surface area contributed by atoms with Crippen molar-refractivity contribution >= 4 is 18.0 Å². The Morgan fingerprint density at radius 3 is 2.22 bits per heavy atom. The van der Waals surface area contributed by atoms with Gasteiger partial charge in [-0.25, -0.2) is 4.79 Å². The Morgan fingerprint density at radius 1 is 0.906 bits per heavy atom. The van der Waals surface area contributed by atoms with E-state index in [1.54, 1.807) is 48.1 Å². The second kappa shape index (κ2) is 11.2. The highest BCUT2D eigenvalue weighted by molar-refractivity contribution is 5.94. The van der Waals surface area contributed by atoms with Crippen LogP contribution in [-0.2, 0) is 16.0 Å². The summed E-state index contributed by atoms with van der Waals surface area (Å²) >= 11 is 0. The molecule has 0 radical (unpaired) electrons. The van der Waals surface area contributed by atoms with E-state index in [1.165, 1.54) is 0 Å². The molecule has 0 spiro atoms. The number of carbonyl (C=O) groups excluding carboxylic acids is 3. The first-order valence-electron chi connectivity index (χ1n) is 10.7. The highest BCUT2D eigenvalue weighted by Crippen LogP contribution is 2.20. The number of carbonyl (C=O) groups is 3. The van der Waals surface area contributed by atoms with Gasteiger partial charge in [0.1, 0.15) is 11.5 Å². The molecule has 1 aliphatic heterocycles. The van der Waals surface area contributed by atoms with E-state index in [1.807, 2.05) is 24.3 Å². The molecule has 1 fully saturated rings. The minimum atomic E-state index is -0.780. The first-order valence-corrected chi connectivity index (χ1v) is 10.7. The molecule has 0 saturated carbocycles. The molecule has 8 nitrogen and oxygen atoms in total. The van der Waals surface area contributed by atoms with Gasteiger partial charge in [0.25, 0.3) is 5.91 Å². The third-order valence-corrected chi connectivity index (χ3v) is 5.28. The van der Waals surface area contributed by atoms with Crippen LogP contribution < -0.4 is 9.47 Å². The fraction of sp³-hybridized carbons (Fsp3) is 0.375. The zero-order valence-electron chi connectivity index (χ0n) is 18.4. The quantitative estimate of drug-likeness (QED) is 0.486. The van der Waals surface area contributed by atoms with Gasteiger partial charge in [-0.2, -0.15) is 0 Å².